The molecule has 1 aliphatic rings. The largest absolute Gasteiger partial charge is 0.375 e. The van der Waals surface area contributed by atoms with E-state index < -0.39 is 0 Å². The normalized spacial score (nSPS) is 16.9. The molecule has 1 saturated heterocycles. The fourth-order valence-corrected chi connectivity index (χ4v) is 2.60. The molecule has 0 unspecified atom stereocenters. The minimum atomic E-state index is -0.216. The molecule has 0 atom stereocenters. The molecule has 0 radical (unpaired) electrons. The molecular weight excluding hydrogens is 264 g/mol. The number of carbonyl (C=O) groups excluding carboxylic acids is 2. The maximum Gasteiger partial charge on any atom is 0.220 e. The lowest BCUT2D eigenvalue weighted by atomic mass is 9.96. The van der Waals surface area contributed by atoms with Crippen LogP contribution in [0.2, 0.25) is 0 Å². The number of allylic oxidation sites excluding steroid dienone is 2. The average Bonchev–Trinajstić information content (AvgIpc) is 2.47. The third-order valence-electron chi connectivity index (χ3n) is 4.07. The first kappa shape index (κ1) is 15.3. The Morgan fingerprint density at radius 3 is 2.29 bits per heavy atom. The van der Waals surface area contributed by atoms with Crippen LogP contribution in [0.1, 0.15) is 35.7 Å². The second-order valence-corrected chi connectivity index (χ2v) is 5.68. The van der Waals surface area contributed by atoms with E-state index in [1.165, 1.54) is 0 Å². The Morgan fingerprint density at radius 2 is 1.76 bits per heavy atom. The van der Waals surface area contributed by atoms with Crippen molar-refractivity contribution in [3.05, 3.63) is 47.2 Å². The zero-order valence-electron chi connectivity index (χ0n) is 12.6. The first-order chi connectivity index (χ1) is 9.97. The number of carbonyl (C=O) groups is 2. The lowest BCUT2D eigenvalue weighted by molar-refractivity contribution is -0.123. The molecule has 0 aromatic heterocycles. The van der Waals surface area contributed by atoms with E-state index >= 15 is 0 Å². The van der Waals surface area contributed by atoms with Crippen molar-refractivity contribution in [3.8, 4) is 0 Å². The standard InChI is InChI=1S/C17H22N2O2/c1-12-3-5-14(6-4-12)16(20)11-13(2)19-9-7-15(8-10-19)17(18)21/h3-6,11,15H,7-10H2,1-2H3,(H2,18,21). The van der Waals surface area contributed by atoms with Crippen molar-refractivity contribution in [3.63, 3.8) is 0 Å². The Balaban J connectivity index is 1.99. The smallest absolute Gasteiger partial charge is 0.220 e. The summed E-state index contributed by atoms with van der Waals surface area (Å²) in [5.41, 5.74) is 8.12. The Hall–Kier alpha value is -2.10. The number of benzene rings is 1. The fourth-order valence-electron chi connectivity index (χ4n) is 2.60. The van der Waals surface area contributed by atoms with Gasteiger partial charge in [-0.25, -0.2) is 0 Å². The van der Waals surface area contributed by atoms with E-state index in [0.29, 0.717) is 5.56 Å². The van der Waals surface area contributed by atoms with Crippen LogP contribution in [0.4, 0.5) is 0 Å². The molecule has 0 saturated carbocycles. The van der Waals surface area contributed by atoms with Crippen LogP contribution in [0.25, 0.3) is 0 Å². The van der Waals surface area contributed by atoms with Gasteiger partial charge in [-0.2, -0.15) is 0 Å². The van der Waals surface area contributed by atoms with Gasteiger partial charge in [-0.3, -0.25) is 9.59 Å². The Labute approximate surface area is 125 Å². The third-order valence-corrected chi connectivity index (χ3v) is 4.07. The molecule has 112 valence electrons. The molecule has 1 amide bonds. The van der Waals surface area contributed by atoms with Gasteiger partial charge in [0.05, 0.1) is 0 Å². The summed E-state index contributed by atoms with van der Waals surface area (Å²) in [6.45, 7) is 5.49. The van der Waals surface area contributed by atoms with Gasteiger partial charge in [0.15, 0.2) is 5.78 Å². The summed E-state index contributed by atoms with van der Waals surface area (Å²) in [5.74, 6) is -0.224. The van der Waals surface area contributed by atoms with Gasteiger partial charge in [0.1, 0.15) is 0 Å². The van der Waals surface area contributed by atoms with E-state index in [9.17, 15) is 9.59 Å². The summed E-state index contributed by atoms with van der Waals surface area (Å²) < 4.78 is 0. The maximum absolute atomic E-state index is 12.2. The Kier molecular flexibility index (Phi) is 4.78. The molecule has 2 rings (SSSR count). The van der Waals surface area contributed by atoms with Crippen molar-refractivity contribution in [1.82, 2.24) is 4.90 Å². The minimum absolute atomic E-state index is 0.0181. The number of hydrogen-bond acceptors (Lipinski definition) is 3. The van der Waals surface area contributed by atoms with Gasteiger partial charge in [0, 0.05) is 36.3 Å². The summed E-state index contributed by atoms with van der Waals surface area (Å²) in [7, 11) is 0. The molecule has 1 aromatic carbocycles. The van der Waals surface area contributed by atoms with E-state index in [1.54, 1.807) is 6.08 Å². The monoisotopic (exact) mass is 286 g/mol. The van der Waals surface area contributed by atoms with Gasteiger partial charge in [-0.05, 0) is 26.7 Å². The van der Waals surface area contributed by atoms with Crippen molar-refractivity contribution in [2.45, 2.75) is 26.7 Å². The highest BCUT2D eigenvalue weighted by molar-refractivity contribution is 6.04. The van der Waals surface area contributed by atoms with Crippen molar-refractivity contribution in [2.24, 2.45) is 11.7 Å². The minimum Gasteiger partial charge on any atom is -0.375 e. The van der Waals surface area contributed by atoms with Crippen LogP contribution in [0, 0.1) is 12.8 Å². The maximum atomic E-state index is 12.2. The highest BCUT2D eigenvalue weighted by atomic mass is 16.1. The number of nitrogens with zero attached hydrogens (tertiary/aromatic N) is 1. The predicted molar refractivity (Wildman–Crippen MR) is 82.8 cm³/mol. The lowest BCUT2D eigenvalue weighted by Crippen LogP contribution is -2.37. The van der Waals surface area contributed by atoms with Gasteiger partial charge < -0.3 is 10.6 Å². The van der Waals surface area contributed by atoms with Gasteiger partial charge >= 0.3 is 0 Å². The van der Waals surface area contributed by atoms with Crippen LogP contribution in [0.5, 0.6) is 0 Å². The highest BCUT2D eigenvalue weighted by Gasteiger charge is 2.23. The van der Waals surface area contributed by atoms with Gasteiger partial charge in [0.2, 0.25) is 5.91 Å². The number of hydrogen-bond donors (Lipinski definition) is 1. The number of primary amides is 1. The average molecular weight is 286 g/mol. The van der Waals surface area contributed by atoms with E-state index in [2.05, 4.69) is 4.90 Å². The molecule has 4 heteroatoms. The van der Waals surface area contributed by atoms with Crippen LogP contribution in [0.3, 0.4) is 0 Å². The van der Waals surface area contributed by atoms with Gasteiger partial charge in [0.25, 0.3) is 0 Å². The quantitative estimate of drug-likeness (QED) is 0.682. The number of ketones is 1. The highest BCUT2D eigenvalue weighted by Crippen LogP contribution is 2.20. The van der Waals surface area contributed by atoms with E-state index in [1.807, 2.05) is 38.1 Å². The zero-order chi connectivity index (χ0) is 15.4. The number of nitrogens with two attached hydrogens (primary N) is 1. The molecule has 0 aliphatic carbocycles. The molecular formula is C17H22N2O2. The molecule has 1 aliphatic heterocycles. The van der Waals surface area contributed by atoms with Gasteiger partial charge in [-0.15, -0.1) is 0 Å². The van der Waals surface area contributed by atoms with Crippen molar-refractivity contribution >= 4 is 11.7 Å². The van der Waals surface area contributed by atoms with Crippen LogP contribution < -0.4 is 5.73 Å². The van der Waals surface area contributed by atoms with Crippen molar-refractivity contribution in [2.75, 3.05) is 13.1 Å². The summed E-state index contributed by atoms with van der Waals surface area (Å²) >= 11 is 0. The van der Waals surface area contributed by atoms with Crippen LogP contribution in [0.15, 0.2) is 36.0 Å². The first-order valence-electron chi connectivity index (χ1n) is 7.31. The van der Waals surface area contributed by atoms with Crippen LogP contribution in [-0.2, 0) is 4.79 Å². The first-order valence-corrected chi connectivity index (χ1v) is 7.31. The number of amides is 1. The molecule has 1 fully saturated rings. The van der Waals surface area contributed by atoms with Crippen molar-refractivity contribution < 1.29 is 9.59 Å². The SMILES string of the molecule is CC(=CC(=O)c1ccc(C)cc1)N1CCC(C(N)=O)CC1. The fraction of sp³-hybridized carbons (Fsp3) is 0.412. The Morgan fingerprint density at radius 1 is 1.19 bits per heavy atom. The van der Waals surface area contributed by atoms with E-state index in [4.69, 9.17) is 5.73 Å². The van der Waals surface area contributed by atoms with E-state index in [0.717, 1.165) is 37.2 Å². The summed E-state index contributed by atoms with van der Waals surface area (Å²) in [6, 6.07) is 7.57. The number of piperidine rings is 1. The van der Waals surface area contributed by atoms with Gasteiger partial charge in [-0.1, -0.05) is 29.8 Å². The molecule has 2 N–H and O–H groups in total. The second-order valence-electron chi connectivity index (χ2n) is 5.68. The number of aryl methyl sites for hydroxylation is 1. The molecule has 4 nitrogen and oxygen atoms in total. The summed E-state index contributed by atoms with van der Waals surface area (Å²) in [6.07, 6.45) is 3.20. The Bertz CT molecular complexity index is 553. The second kappa shape index (κ2) is 6.57. The van der Waals surface area contributed by atoms with E-state index in [-0.39, 0.29) is 17.6 Å². The lowest BCUT2D eigenvalue weighted by Gasteiger charge is -2.32. The van der Waals surface area contributed by atoms with Crippen molar-refractivity contribution in [1.29, 1.82) is 0 Å². The molecule has 1 heterocycles. The predicted octanol–water partition coefficient (Wildman–Crippen LogP) is 2.28. The molecule has 21 heavy (non-hydrogen) atoms. The molecule has 0 spiro atoms. The number of likely N-dealkylation sites (tertiary alicyclic amines) is 1. The topological polar surface area (TPSA) is 63.4 Å². The third kappa shape index (κ3) is 3.94. The molecule has 1 aromatic rings. The number of rotatable bonds is 4. The van der Waals surface area contributed by atoms with Crippen LogP contribution in [-0.4, -0.2) is 29.7 Å². The molecule has 0 bridgehead atoms. The summed E-state index contributed by atoms with van der Waals surface area (Å²) in [5, 5.41) is 0. The zero-order valence-corrected chi connectivity index (χ0v) is 12.6. The summed E-state index contributed by atoms with van der Waals surface area (Å²) in [4.78, 5) is 25.5. The van der Waals surface area contributed by atoms with Crippen LogP contribution >= 0.6 is 0 Å².